The summed E-state index contributed by atoms with van der Waals surface area (Å²) in [7, 11) is 0. The van der Waals surface area contributed by atoms with E-state index in [2.05, 4.69) is 79.9 Å². The molecule has 0 aromatic rings. The maximum Gasteiger partial charge on any atom is 2.00 e. The van der Waals surface area contributed by atoms with Crippen molar-refractivity contribution in [1.82, 2.24) is 5.32 Å². The summed E-state index contributed by atoms with van der Waals surface area (Å²) < 4.78 is 1.19. The summed E-state index contributed by atoms with van der Waals surface area (Å²) in [5.74, 6) is 0. The van der Waals surface area contributed by atoms with Crippen LogP contribution in [0, 0.1) is 47.5 Å². The third-order valence-corrected chi connectivity index (χ3v) is 1.39. The smallest absolute Gasteiger partial charge is 0.376 e. The van der Waals surface area contributed by atoms with Gasteiger partial charge in [-0.3, -0.25) is 4.93 Å². The summed E-state index contributed by atoms with van der Waals surface area (Å²) in [5, 5.41) is 3.06. The zero-order valence-electron chi connectivity index (χ0n) is 15.9. The first-order valence-corrected chi connectivity index (χ1v) is 9.85. The van der Waals surface area contributed by atoms with E-state index in [1.165, 1.54) is 28.1 Å². The molecule has 155 valence electrons. The van der Waals surface area contributed by atoms with Crippen LogP contribution in [0.25, 0.3) is 0 Å². The Morgan fingerprint density at radius 2 is 0.960 bits per heavy atom. The van der Waals surface area contributed by atoms with Crippen LogP contribution >= 0.6 is 103 Å². The van der Waals surface area contributed by atoms with Crippen LogP contribution in [0.2, 0.25) is 0 Å². The molecule has 0 aromatic heterocycles. The van der Waals surface area contributed by atoms with Crippen LogP contribution in [0.4, 0.5) is 0 Å². The van der Waals surface area contributed by atoms with E-state index in [4.69, 9.17) is 0 Å². The average molecular weight is 1350 g/mol. The van der Waals surface area contributed by atoms with Crippen LogP contribution in [0.3, 0.4) is 0 Å². The van der Waals surface area contributed by atoms with Gasteiger partial charge in [0, 0.05) is 90.4 Å². The Morgan fingerprint density at radius 3 is 0.960 bits per heavy atom. The number of rotatable bonds is 0. The topological polar surface area (TPSA) is 12.0 Å². The maximum atomic E-state index is 4.64. The number of hydrogen-bond acceptors (Lipinski definition) is 1. The summed E-state index contributed by atoms with van der Waals surface area (Å²) in [6.45, 7) is 2.25. The molecule has 2 rings (SSSR count). The minimum Gasteiger partial charge on any atom is -0.376 e. The molecular weight excluding hydrogens is 1320 g/mol. The molecule has 0 unspecified atom stereocenters. The molecule has 2 aliphatic rings. The first-order chi connectivity index (χ1) is 7.41. The van der Waals surface area contributed by atoms with Crippen molar-refractivity contribution in [3.63, 3.8) is 0 Å². The SMILES string of the molecule is CCl.I.ICI.[CH-]1CCC1.[CH-]1CNC1.[CH2-]I.[CH3-].[CH3-].[CH3-].[CH3-].[V].[W+2].[W+2].[Y].[Y]. The standard InChI is InChI=1S/C4H7.C3H6N.CH3Cl.CH2I2.CH2I.4CH3.HI.V.2W.2Y/c2*1-2-4-3-1;1-2;2-1-3;1-2;;;;;;;;;;/h1H,2-4H2;1,4H,2-3H2;1H3;1H2;1H2;4*1H3;1H;;;;;/q2*-1;;;5*-1;;;2*+2;;. The second-order valence-electron chi connectivity index (χ2n) is 2.27. The molecular formula is C14H33ClI4NVW2Y2-3. The number of hydrogen-bond donors (Lipinski definition) is 1. The molecule has 3 radical (unpaired) electrons. The van der Waals surface area contributed by atoms with Crippen LogP contribution in [0.5, 0.6) is 0 Å². The van der Waals surface area contributed by atoms with E-state index in [9.17, 15) is 0 Å². The van der Waals surface area contributed by atoms with Gasteiger partial charge < -0.3 is 70.5 Å². The average Bonchev–Trinajstić information content (AvgIpc) is 2.06. The van der Waals surface area contributed by atoms with Crippen LogP contribution in [0.1, 0.15) is 19.3 Å². The Morgan fingerprint density at radius 1 is 0.880 bits per heavy atom. The van der Waals surface area contributed by atoms with Gasteiger partial charge in [0.25, 0.3) is 0 Å². The Labute approximate surface area is 316 Å². The molecule has 1 heterocycles. The van der Waals surface area contributed by atoms with Crippen LogP contribution in [0.15, 0.2) is 0 Å². The molecule has 0 bridgehead atoms. The van der Waals surface area contributed by atoms with E-state index < -0.39 is 0 Å². The van der Waals surface area contributed by atoms with Crippen LogP contribution < -0.4 is 5.32 Å². The van der Waals surface area contributed by atoms with E-state index in [0.717, 1.165) is 13.1 Å². The van der Waals surface area contributed by atoms with Crippen LogP contribution in [-0.2, 0) is 126 Å². The molecule has 1 N–H and O–H groups in total. The monoisotopic (exact) mass is 1350 g/mol. The fourth-order valence-corrected chi connectivity index (χ4v) is 0.348. The van der Waals surface area contributed by atoms with Gasteiger partial charge in [0.15, 0.2) is 0 Å². The minimum absolute atomic E-state index is 0. The summed E-state index contributed by atoms with van der Waals surface area (Å²) in [4.78, 5) is 3.22. The van der Waals surface area contributed by atoms with Crippen molar-refractivity contribution in [2.24, 2.45) is 0 Å². The molecule has 1 saturated carbocycles. The molecule has 11 heteroatoms. The molecule has 0 spiro atoms. The predicted octanol–water partition coefficient (Wildman–Crippen LogP) is 7.46. The van der Waals surface area contributed by atoms with E-state index in [0.29, 0.717) is 0 Å². The molecule has 1 saturated heterocycles. The first-order valence-electron chi connectivity index (χ1n) is 4.52. The summed E-state index contributed by atoms with van der Waals surface area (Å²) >= 11 is 11.1. The van der Waals surface area contributed by atoms with Gasteiger partial charge in [0.1, 0.15) is 0 Å². The first kappa shape index (κ1) is 84.9. The fourth-order valence-electron chi connectivity index (χ4n) is 0.348. The molecule has 2 fully saturated rings. The quantitative estimate of drug-likeness (QED) is 0.151. The third kappa shape index (κ3) is 115. The van der Waals surface area contributed by atoms with E-state index in [1.54, 1.807) is 0 Å². The van der Waals surface area contributed by atoms with Crippen molar-refractivity contribution < 1.29 is 126 Å². The second-order valence-corrected chi connectivity index (χ2v) is 6.71. The van der Waals surface area contributed by atoms with Gasteiger partial charge in [-0.05, 0) is 0 Å². The fraction of sp³-hybridized carbons (Fsp3) is 0.500. The Balaban J connectivity index is -0.00000000610. The van der Waals surface area contributed by atoms with Crippen molar-refractivity contribution in [2.45, 2.75) is 19.3 Å². The molecule has 25 heavy (non-hydrogen) atoms. The van der Waals surface area contributed by atoms with Gasteiger partial charge in [0.2, 0.25) is 0 Å². The molecule has 0 atom stereocenters. The summed E-state index contributed by atoms with van der Waals surface area (Å²) in [6, 6.07) is 0. The molecule has 1 nitrogen and oxygen atoms in total. The number of halogens is 5. The van der Waals surface area contributed by atoms with Gasteiger partial charge in [0.05, 0.1) is 2.43 Å². The third-order valence-electron chi connectivity index (χ3n) is 1.39. The van der Waals surface area contributed by atoms with Gasteiger partial charge in [-0.1, -0.05) is 45.2 Å². The van der Waals surface area contributed by atoms with Gasteiger partial charge >= 0.3 is 42.1 Å². The number of nitrogens with one attached hydrogen (secondary N) is 1. The van der Waals surface area contributed by atoms with Gasteiger partial charge in [-0.25, -0.2) is 0 Å². The van der Waals surface area contributed by atoms with E-state index >= 15 is 0 Å². The zero-order valence-corrected chi connectivity index (χ0v) is 38.4. The molecule has 0 aromatic carbocycles. The summed E-state index contributed by atoms with van der Waals surface area (Å²) in [5.41, 5.74) is 0. The molecule has 1 aliphatic carbocycles. The Bertz CT molecular complexity index is 83.9. The number of alkyl halides is 3. The van der Waals surface area contributed by atoms with Crippen molar-refractivity contribution in [2.75, 3.05) is 21.9 Å². The Kier molecular flexibility index (Phi) is 367. The maximum absolute atomic E-state index is 4.64. The molecule has 1 aliphatic heterocycles. The van der Waals surface area contributed by atoms with Crippen molar-refractivity contribution in [3.05, 3.63) is 47.5 Å². The summed E-state index contributed by atoms with van der Waals surface area (Å²) in [6.07, 6.45) is 10.2. The largest absolute Gasteiger partial charge is 2.00 e. The second kappa shape index (κ2) is 108. The van der Waals surface area contributed by atoms with Crippen LogP contribution in [-0.4, -0.2) is 21.9 Å². The van der Waals surface area contributed by atoms with Crippen molar-refractivity contribution in [3.8, 4) is 0 Å². The van der Waals surface area contributed by atoms with E-state index in [-0.39, 0.29) is 180 Å². The van der Waals surface area contributed by atoms with Gasteiger partial charge in [-0.2, -0.15) is 12.8 Å². The van der Waals surface area contributed by atoms with E-state index in [1.807, 2.05) is 22.6 Å². The minimum atomic E-state index is 0. The Hall–Kier alpha value is 7.34. The van der Waals surface area contributed by atoms with Crippen molar-refractivity contribution in [1.29, 1.82) is 0 Å². The zero-order chi connectivity index (χ0) is 12.4. The van der Waals surface area contributed by atoms with Crippen molar-refractivity contribution >= 4 is 103 Å². The molecule has 0 amide bonds. The van der Waals surface area contributed by atoms with Gasteiger partial charge in [-0.15, -0.1) is 55.1 Å². The predicted molar refractivity (Wildman–Crippen MR) is 140 cm³/mol. The normalized spacial score (nSPS) is 8.88.